The number of fused-ring (bicyclic) bond motifs is 1. The number of nitrogens with zero attached hydrogens (tertiary/aromatic N) is 1. The Labute approximate surface area is 128 Å². The maximum absolute atomic E-state index is 5.67. The molecule has 0 bridgehead atoms. The second kappa shape index (κ2) is 7.39. The molecule has 1 aromatic rings. The minimum absolute atomic E-state index is 0.450. The Morgan fingerprint density at radius 3 is 2.57 bits per heavy atom. The summed E-state index contributed by atoms with van der Waals surface area (Å²) >= 11 is 0. The molecule has 0 radical (unpaired) electrons. The van der Waals surface area contributed by atoms with Gasteiger partial charge in [0, 0.05) is 38.8 Å². The predicted octanol–water partition coefficient (Wildman–Crippen LogP) is 2.24. The first-order valence-electron chi connectivity index (χ1n) is 8.46. The Morgan fingerprint density at radius 2 is 1.95 bits per heavy atom. The molecule has 1 saturated heterocycles. The van der Waals surface area contributed by atoms with Crippen LogP contribution < -0.4 is 5.32 Å². The average Bonchev–Trinajstić information content (AvgIpc) is 2.92. The summed E-state index contributed by atoms with van der Waals surface area (Å²) < 4.78 is 5.67. The summed E-state index contributed by atoms with van der Waals surface area (Å²) in [6.07, 6.45) is 5.27. The molecular weight excluding hydrogens is 260 g/mol. The highest BCUT2D eigenvalue weighted by Crippen LogP contribution is 2.17. The zero-order valence-corrected chi connectivity index (χ0v) is 13.2. The lowest BCUT2D eigenvalue weighted by molar-refractivity contribution is 0.107. The van der Waals surface area contributed by atoms with Crippen molar-refractivity contribution in [1.29, 1.82) is 0 Å². The molecule has 0 aliphatic carbocycles. The quantitative estimate of drug-likeness (QED) is 0.899. The van der Waals surface area contributed by atoms with E-state index in [2.05, 4.69) is 41.4 Å². The van der Waals surface area contributed by atoms with E-state index in [0.717, 1.165) is 19.7 Å². The average molecular weight is 288 g/mol. The van der Waals surface area contributed by atoms with Crippen LogP contribution in [0.3, 0.4) is 0 Å². The van der Waals surface area contributed by atoms with Crippen molar-refractivity contribution in [2.24, 2.45) is 0 Å². The number of benzene rings is 1. The summed E-state index contributed by atoms with van der Waals surface area (Å²) in [5.41, 5.74) is 3.08. The molecule has 0 aromatic heterocycles. The van der Waals surface area contributed by atoms with Crippen LogP contribution in [0.4, 0.5) is 0 Å². The van der Waals surface area contributed by atoms with Gasteiger partial charge in [0.05, 0.1) is 6.10 Å². The Balaban J connectivity index is 1.44. The SMILES string of the molecule is CC(CNCC1CCCO1)N1CCc2ccccc2CC1. The molecule has 3 rings (SSSR count). The highest BCUT2D eigenvalue weighted by atomic mass is 16.5. The third-order valence-corrected chi connectivity index (χ3v) is 4.91. The molecule has 1 fully saturated rings. The fourth-order valence-corrected chi connectivity index (χ4v) is 3.51. The second-order valence-corrected chi connectivity index (χ2v) is 6.45. The van der Waals surface area contributed by atoms with E-state index >= 15 is 0 Å². The first kappa shape index (κ1) is 15.0. The normalized spacial score (nSPS) is 24.5. The van der Waals surface area contributed by atoms with Gasteiger partial charge in [-0.1, -0.05) is 24.3 Å². The van der Waals surface area contributed by atoms with E-state index < -0.39 is 0 Å². The molecule has 2 heterocycles. The number of hydrogen-bond donors (Lipinski definition) is 1. The minimum Gasteiger partial charge on any atom is -0.377 e. The molecule has 21 heavy (non-hydrogen) atoms. The van der Waals surface area contributed by atoms with Crippen molar-refractivity contribution in [1.82, 2.24) is 10.2 Å². The zero-order chi connectivity index (χ0) is 14.5. The predicted molar refractivity (Wildman–Crippen MR) is 86.7 cm³/mol. The Morgan fingerprint density at radius 1 is 1.24 bits per heavy atom. The van der Waals surface area contributed by atoms with E-state index in [9.17, 15) is 0 Å². The Hall–Kier alpha value is -0.900. The Kier molecular flexibility index (Phi) is 5.28. The van der Waals surface area contributed by atoms with E-state index in [1.807, 2.05) is 0 Å². The monoisotopic (exact) mass is 288 g/mol. The molecular formula is C18H28N2O. The van der Waals surface area contributed by atoms with Gasteiger partial charge in [-0.05, 0) is 43.7 Å². The summed E-state index contributed by atoms with van der Waals surface area (Å²) in [7, 11) is 0. The lowest BCUT2D eigenvalue weighted by Gasteiger charge is -2.28. The molecule has 2 aliphatic heterocycles. The highest BCUT2D eigenvalue weighted by Gasteiger charge is 2.19. The molecule has 1 N–H and O–H groups in total. The second-order valence-electron chi connectivity index (χ2n) is 6.45. The first-order chi connectivity index (χ1) is 10.3. The van der Waals surface area contributed by atoms with Crippen LogP contribution in [0.1, 0.15) is 30.9 Å². The number of hydrogen-bond acceptors (Lipinski definition) is 3. The van der Waals surface area contributed by atoms with Gasteiger partial charge in [0.25, 0.3) is 0 Å². The molecule has 2 atom stereocenters. The third kappa shape index (κ3) is 4.06. The van der Waals surface area contributed by atoms with Crippen LogP contribution in [0.25, 0.3) is 0 Å². The largest absolute Gasteiger partial charge is 0.377 e. The summed E-state index contributed by atoms with van der Waals surface area (Å²) in [5.74, 6) is 0. The topological polar surface area (TPSA) is 24.5 Å². The smallest absolute Gasteiger partial charge is 0.0700 e. The molecule has 0 spiro atoms. The maximum atomic E-state index is 5.67. The molecule has 2 unspecified atom stereocenters. The van der Waals surface area contributed by atoms with Gasteiger partial charge in [0.2, 0.25) is 0 Å². The van der Waals surface area contributed by atoms with Gasteiger partial charge >= 0.3 is 0 Å². The molecule has 3 heteroatoms. The van der Waals surface area contributed by atoms with Crippen molar-refractivity contribution in [3.8, 4) is 0 Å². The lowest BCUT2D eigenvalue weighted by atomic mass is 10.0. The Bertz CT molecular complexity index is 416. The summed E-state index contributed by atoms with van der Waals surface area (Å²) in [6.45, 7) is 7.74. The summed E-state index contributed by atoms with van der Waals surface area (Å²) in [6, 6.07) is 9.52. The number of rotatable bonds is 5. The molecule has 2 aliphatic rings. The van der Waals surface area contributed by atoms with E-state index in [1.54, 1.807) is 11.1 Å². The molecule has 0 amide bonds. The van der Waals surface area contributed by atoms with Gasteiger partial charge < -0.3 is 10.1 Å². The van der Waals surface area contributed by atoms with Crippen LogP contribution in [-0.2, 0) is 17.6 Å². The summed E-state index contributed by atoms with van der Waals surface area (Å²) in [4.78, 5) is 2.63. The van der Waals surface area contributed by atoms with Gasteiger partial charge in [-0.3, -0.25) is 4.90 Å². The fourth-order valence-electron chi connectivity index (χ4n) is 3.51. The van der Waals surface area contributed by atoms with Gasteiger partial charge in [0.1, 0.15) is 0 Å². The van der Waals surface area contributed by atoms with E-state index in [0.29, 0.717) is 12.1 Å². The summed E-state index contributed by atoms with van der Waals surface area (Å²) in [5, 5.41) is 3.60. The third-order valence-electron chi connectivity index (χ3n) is 4.91. The van der Waals surface area contributed by atoms with Crippen LogP contribution in [0.5, 0.6) is 0 Å². The van der Waals surface area contributed by atoms with Gasteiger partial charge in [0.15, 0.2) is 0 Å². The van der Waals surface area contributed by atoms with Gasteiger partial charge in [-0.2, -0.15) is 0 Å². The minimum atomic E-state index is 0.450. The van der Waals surface area contributed by atoms with Crippen molar-refractivity contribution in [3.05, 3.63) is 35.4 Å². The zero-order valence-electron chi connectivity index (χ0n) is 13.2. The van der Waals surface area contributed by atoms with Crippen molar-refractivity contribution in [3.63, 3.8) is 0 Å². The van der Waals surface area contributed by atoms with Crippen LogP contribution in [-0.4, -0.2) is 49.8 Å². The van der Waals surface area contributed by atoms with Crippen LogP contribution in [0.2, 0.25) is 0 Å². The van der Waals surface area contributed by atoms with Crippen molar-refractivity contribution in [2.45, 2.75) is 44.8 Å². The first-order valence-corrected chi connectivity index (χ1v) is 8.46. The molecule has 0 saturated carbocycles. The number of nitrogens with one attached hydrogen (secondary N) is 1. The van der Waals surface area contributed by atoms with Gasteiger partial charge in [-0.25, -0.2) is 0 Å². The standard InChI is InChI=1S/C18H28N2O/c1-15(13-19-14-18-7-4-12-21-18)20-10-8-16-5-2-3-6-17(16)9-11-20/h2-3,5-6,15,18-19H,4,7-14H2,1H3. The lowest BCUT2D eigenvalue weighted by Crippen LogP contribution is -2.43. The van der Waals surface area contributed by atoms with Crippen LogP contribution in [0.15, 0.2) is 24.3 Å². The fraction of sp³-hybridized carbons (Fsp3) is 0.667. The van der Waals surface area contributed by atoms with Crippen LogP contribution in [0, 0.1) is 0 Å². The molecule has 3 nitrogen and oxygen atoms in total. The van der Waals surface area contributed by atoms with Gasteiger partial charge in [-0.15, -0.1) is 0 Å². The van der Waals surface area contributed by atoms with Crippen molar-refractivity contribution in [2.75, 3.05) is 32.8 Å². The van der Waals surface area contributed by atoms with E-state index in [4.69, 9.17) is 4.74 Å². The maximum Gasteiger partial charge on any atom is 0.0700 e. The molecule has 1 aromatic carbocycles. The van der Waals surface area contributed by atoms with Crippen molar-refractivity contribution < 1.29 is 4.74 Å². The van der Waals surface area contributed by atoms with Crippen LogP contribution >= 0.6 is 0 Å². The van der Waals surface area contributed by atoms with E-state index in [1.165, 1.54) is 38.8 Å². The van der Waals surface area contributed by atoms with Crippen molar-refractivity contribution >= 4 is 0 Å². The molecule has 116 valence electrons. The van der Waals surface area contributed by atoms with E-state index in [-0.39, 0.29) is 0 Å². The number of ether oxygens (including phenoxy) is 1. The highest BCUT2D eigenvalue weighted by molar-refractivity contribution is 5.28.